The van der Waals surface area contributed by atoms with Crippen molar-refractivity contribution in [1.29, 1.82) is 5.26 Å². The van der Waals surface area contributed by atoms with Gasteiger partial charge >= 0.3 is 10.0 Å². The number of aryl methyl sites for hydroxylation is 1. The van der Waals surface area contributed by atoms with Crippen LogP contribution in [0.4, 0.5) is 5.69 Å². The highest BCUT2D eigenvalue weighted by atomic mass is 32.2. The molecule has 3 rings (SSSR count). The van der Waals surface area contributed by atoms with E-state index in [9.17, 15) is 18.5 Å². The van der Waals surface area contributed by atoms with Gasteiger partial charge in [0.25, 0.3) is 0 Å². The molecule has 0 spiro atoms. The average Bonchev–Trinajstić information content (AvgIpc) is 3.17. The fourth-order valence-corrected chi connectivity index (χ4v) is 5.19. The van der Waals surface area contributed by atoms with Gasteiger partial charge in [-0.1, -0.05) is 42.6 Å². The van der Waals surface area contributed by atoms with E-state index >= 15 is 0 Å². The first kappa shape index (κ1) is 24.5. The van der Waals surface area contributed by atoms with Crippen LogP contribution in [-0.4, -0.2) is 20.9 Å². The van der Waals surface area contributed by atoms with Gasteiger partial charge in [0.1, 0.15) is 4.90 Å². The molecule has 0 radical (unpaired) electrons. The van der Waals surface area contributed by atoms with Gasteiger partial charge in [0.2, 0.25) is 5.91 Å². The summed E-state index contributed by atoms with van der Waals surface area (Å²) in [5.41, 5.74) is 3.07. The zero-order chi connectivity index (χ0) is 24.2. The molecule has 1 amide bonds. The normalized spacial score (nSPS) is 17.2. The minimum atomic E-state index is -3.55. The Labute approximate surface area is 199 Å². The Morgan fingerprint density at radius 1 is 1.24 bits per heavy atom. The predicted octanol–water partition coefficient (Wildman–Crippen LogP) is 3.98. The summed E-state index contributed by atoms with van der Waals surface area (Å²) in [5.74, 6) is -0.169. The van der Waals surface area contributed by atoms with Crippen molar-refractivity contribution in [3.05, 3.63) is 88.9 Å². The first-order valence-corrected chi connectivity index (χ1v) is 12.8. The molecule has 2 aromatic rings. The Kier molecular flexibility index (Phi) is 7.59. The van der Waals surface area contributed by atoms with Crippen molar-refractivity contribution < 1.29 is 18.4 Å². The number of hydrogen-bond acceptors (Lipinski definition) is 5. The van der Waals surface area contributed by atoms with E-state index in [0.29, 0.717) is 24.2 Å². The summed E-state index contributed by atoms with van der Waals surface area (Å²) in [7, 11) is -3.55. The van der Waals surface area contributed by atoms with Crippen LogP contribution in [0.15, 0.2) is 93.1 Å². The van der Waals surface area contributed by atoms with E-state index in [1.807, 2.05) is 44.2 Å². The third-order valence-corrected chi connectivity index (χ3v) is 7.69. The van der Waals surface area contributed by atoms with Crippen molar-refractivity contribution in [1.82, 2.24) is 0 Å². The number of allylic oxidation sites excluding steroid dienone is 3. The molecule has 0 aliphatic carbocycles. The molecule has 2 aromatic carbocycles. The monoisotopic (exact) mass is 480 g/mol. The largest absolute Gasteiger partial charge is 0.322 e. The molecule has 3 N–H and O–H groups in total. The lowest BCUT2D eigenvalue weighted by atomic mass is 9.98. The van der Waals surface area contributed by atoms with Crippen LogP contribution in [0.2, 0.25) is 0 Å². The number of amides is 1. The molecule has 1 heterocycles. The van der Waals surface area contributed by atoms with E-state index in [2.05, 4.69) is 17.8 Å². The average molecular weight is 481 g/mol. The van der Waals surface area contributed by atoms with Gasteiger partial charge in [0.15, 0.2) is 0 Å². The second kappa shape index (κ2) is 10.2. The lowest BCUT2D eigenvalue weighted by Crippen LogP contribution is -2.56. The quantitative estimate of drug-likeness (QED) is 0.367. The van der Waals surface area contributed by atoms with Crippen molar-refractivity contribution in [2.45, 2.75) is 30.1 Å². The zero-order valence-corrected chi connectivity index (χ0v) is 20.2. The molecule has 33 heavy (non-hydrogen) atoms. The van der Waals surface area contributed by atoms with Crippen LogP contribution in [0, 0.1) is 24.2 Å². The molecular weight excluding hydrogens is 454 g/mol. The highest BCUT2D eigenvalue weighted by Gasteiger charge is 2.32. The molecule has 1 aliphatic heterocycles. The number of nitrogens with zero attached hydrogens (tertiary/aromatic N) is 2. The van der Waals surface area contributed by atoms with Gasteiger partial charge in [-0.3, -0.25) is 4.79 Å². The first-order valence-electron chi connectivity index (χ1n) is 10.3. The molecule has 1 atom stereocenters. The van der Waals surface area contributed by atoms with E-state index in [1.165, 1.54) is 23.9 Å². The standard InChI is InChI=1S/C25H25N3O3S2/c1-4-19(15-26)24(32-23-8-6-5-7-17(23)2)13-18(3)20-14-25(29)28(16-20)21-9-11-22(12-10-21)33(27,30)31/h4-13,20H,3,14,16H2,1-2H3,(H2,27,30,31)/p+1. The molecule has 0 aromatic heterocycles. The summed E-state index contributed by atoms with van der Waals surface area (Å²) in [6, 6.07) is 16.4. The number of carbonyl (C=O) groups excluding carboxylic acids is 1. The fraction of sp³-hybridized carbons (Fsp3) is 0.200. The maximum Gasteiger partial charge on any atom is 0.322 e. The first-order chi connectivity index (χ1) is 15.6. The third kappa shape index (κ3) is 5.82. The highest BCUT2D eigenvalue weighted by Crippen LogP contribution is 2.37. The SMILES string of the molecule is C=C(C=C(Sc1ccccc1C)C(C#N)=CC)C1CC(=O)N(c2ccc(S([NH3+])(=O)=O)cc2)C1. The molecular formula is C25H26N3O3S2+. The molecule has 1 unspecified atom stereocenters. The summed E-state index contributed by atoms with van der Waals surface area (Å²) in [4.78, 5) is 16.3. The number of carbonyl (C=O) groups is 1. The van der Waals surface area contributed by atoms with Crippen LogP contribution in [0.1, 0.15) is 18.9 Å². The number of anilines is 1. The number of rotatable bonds is 7. The number of nitriles is 1. The molecule has 6 nitrogen and oxygen atoms in total. The van der Waals surface area contributed by atoms with Gasteiger partial charge in [-0.05, 0) is 61.4 Å². The maximum atomic E-state index is 12.7. The van der Waals surface area contributed by atoms with E-state index in [1.54, 1.807) is 23.1 Å². The van der Waals surface area contributed by atoms with Gasteiger partial charge in [0, 0.05) is 34.4 Å². The number of hydrogen-bond donors (Lipinski definition) is 1. The number of quaternary nitrogens is 1. The second-order valence-corrected chi connectivity index (χ2v) is 10.6. The van der Waals surface area contributed by atoms with Crippen LogP contribution in [0.5, 0.6) is 0 Å². The van der Waals surface area contributed by atoms with Crippen LogP contribution >= 0.6 is 11.8 Å². The Morgan fingerprint density at radius 3 is 2.48 bits per heavy atom. The van der Waals surface area contributed by atoms with Crippen molar-refractivity contribution >= 4 is 33.4 Å². The molecule has 1 fully saturated rings. The van der Waals surface area contributed by atoms with Gasteiger partial charge < -0.3 is 4.90 Å². The summed E-state index contributed by atoms with van der Waals surface area (Å²) in [6.45, 7) is 8.49. The van der Waals surface area contributed by atoms with Crippen molar-refractivity contribution in [2.24, 2.45) is 5.92 Å². The second-order valence-electron chi connectivity index (χ2n) is 7.78. The lowest BCUT2D eigenvalue weighted by molar-refractivity contribution is -0.164. The Morgan fingerprint density at radius 2 is 1.91 bits per heavy atom. The number of sulfonamides is 1. The van der Waals surface area contributed by atoms with Crippen molar-refractivity contribution in [3.8, 4) is 6.07 Å². The van der Waals surface area contributed by atoms with Crippen LogP contribution < -0.4 is 10.0 Å². The maximum absolute atomic E-state index is 12.7. The van der Waals surface area contributed by atoms with Crippen molar-refractivity contribution in [2.75, 3.05) is 11.4 Å². The highest BCUT2D eigenvalue weighted by molar-refractivity contribution is 8.03. The van der Waals surface area contributed by atoms with E-state index in [4.69, 9.17) is 0 Å². The Hall–Kier alpha value is -3.12. The fourth-order valence-electron chi connectivity index (χ4n) is 3.54. The Bertz CT molecular complexity index is 1290. The molecule has 0 saturated carbocycles. The lowest BCUT2D eigenvalue weighted by Gasteiger charge is -2.17. The minimum absolute atomic E-state index is 0.0561. The minimum Gasteiger partial charge on any atom is -0.312 e. The van der Waals surface area contributed by atoms with Gasteiger partial charge in [0.05, 0.1) is 11.6 Å². The van der Waals surface area contributed by atoms with Crippen LogP contribution in [0.25, 0.3) is 0 Å². The molecule has 1 saturated heterocycles. The number of benzene rings is 2. The topological polar surface area (TPSA) is 106 Å². The summed E-state index contributed by atoms with van der Waals surface area (Å²) >= 11 is 1.51. The predicted molar refractivity (Wildman–Crippen MR) is 131 cm³/mol. The van der Waals surface area contributed by atoms with E-state index in [-0.39, 0.29) is 16.7 Å². The smallest absolute Gasteiger partial charge is 0.312 e. The summed E-state index contributed by atoms with van der Waals surface area (Å²) in [6.07, 6.45) is 3.97. The molecule has 0 bridgehead atoms. The van der Waals surface area contributed by atoms with Crippen LogP contribution in [-0.2, 0) is 14.8 Å². The molecule has 1 aliphatic rings. The Balaban J connectivity index is 1.83. The summed E-state index contributed by atoms with van der Waals surface area (Å²) < 4.78 is 23.2. The summed E-state index contributed by atoms with van der Waals surface area (Å²) in [5, 5.41) is 12.8. The van der Waals surface area contributed by atoms with Crippen molar-refractivity contribution in [3.63, 3.8) is 0 Å². The van der Waals surface area contributed by atoms with Gasteiger partial charge in [-0.25, -0.2) is 5.14 Å². The molecule has 170 valence electrons. The molecule has 8 heteroatoms. The van der Waals surface area contributed by atoms with Gasteiger partial charge in [-0.2, -0.15) is 13.7 Å². The van der Waals surface area contributed by atoms with Crippen LogP contribution in [0.3, 0.4) is 0 Å². The van der Waals surface area contributed by atoms with E-state index in [0.717, 1.165) is 20.9 Å². The third-order valence-electron chi connectivity index (χ3n) is 5.46. The van der Waals surface area contributed by atoms with Gasteiger partial charge in [-0.15, -0.1) is 0 Å². The zero-order valence-electron chi connectivity index (χ0n) is 18.6. The van der Waals surface area contributed by atoms with E-state index < -0.39 is 10.0 Å². The number of thioether (sulfide) groups is 1.